The zero-order chi connectivity index (χ0) is 26.4. The summed E-state index contributed by atoms with van der Waals surface area (Å²) in [6.07, 6.45) is 5.03. The van der Waals surface area contributed by atoms with E-state index in [1.807, 2.05) is 0 Å². The van der Waals surface area contributed by atoms with Gasteiger partial charge in [0.25, 0.3) is 5.91 Å². The van der Waals surface area contributed by atoms with Crippen LogP contribution >= 0.6 is 46.5 Å². The number of rotatable bonds is 8. The molecule has 2 N–H and O–H groups in total. The molecule has 1 aliphatic heterocycles. The zero-order valence-corrected chi connectivity index (χ0v) is 23.4. The average molecular weight is 597 g/mol. The molecule has 1 saturated heterocycles. The first-order valence-corrected chi connectivity index (χ1v) is 14.9. The lowest BCUT2D eigenvalue weighted by Crippen LogP contribution is -2.38. The lowest BCUT2D eigenvalue weighted by atomic mass is 9.94. The van der Waals surface area contributed by atoms with Crippen molar-refractivity contribution in [3.05, 3.63) is 32.9 Å². The van der Waals surface area contributed by atoms with Gasteiger partial charge >= 0.3 is 6.18 Å². The lowest BCUT2D eigenvalue weighted by Gasteiger charge is -2.22. The fourth-order valence-corrected chi connectivity index (χ4v) is 7.11. The summed E-state index contributed by atoms with van der Waals surface area (Å²) in [4.78, 5) is 19.1. The number of halogens is 5. The number of thiazole rings is 1. The van der Waals surface area contributed by atoms with Crippen molar-refractivity contribution in [3.63, 3.8) is 0 Å². The second-order valence-electron chi connectivity index (χ2n) is 9.49. The summed E-state index contributed by atoms with van der Waals surface area (Å²) in [5, 5.41) is 3.86. The predicted octanol–water partition coefficient (Wildman–Crippen LogP) is 7.70. The van der Waals surface area contributed by atoms with Crippen LogP contribution in [0.1, 0.15) is 66.9 Å². The van der Waals surface area contributed by atoms with E-state index in [4.69, 9.17) is 32.9 Å². The van der Waals surface area contributed by atoms with E-state index in [0.717, 1.165) is 54.6 Å². The van der Waals surface area contributed by atoms with Crippen molar-refractivity contribution in [2.45, 2.75) is 74.9 Å². The number of amides is 1. The van der Waals surface area contributed by atoms with Gasteiger partial charge in [-0.05, 0) is 43.2 Å². The molecule has 0 bridgehead atoms. The molecule has 1 aliphatic carbocycles. The molecule has 1 aromatic carbocycles. The van der Waals surface area contributed by atoms with E-state index in [2.05, 4.69) is 10.0 Å². The first-order chi connectivity index (χ1) is 17.7. The van der Waals surface area contributed by atoms with Gasteiger partial charge in [0, 0.05) is 29.7 Å². The summed E-state index contributed by atoms with van der Waals surface area (Å²) in [5.41, 5.74) is 1.46. The Kier molecular flexibility index (Phi) is 10.4. The van der Waals surface area contributed by atoms with Gasteiger partial charge in [0.1, 0.15) is 6.54 Å². The second-order valence-corrected chi connectivity index (χ2v) is 12.2. The summed E-state index contributed by atoms with van der Waals surface area (Å²) in [5.74, 6) is 0.265. The Bertz CT molecular complexity index is 1070. The van der Waals surface area contributed by atoms with E-state index in [9.17, 15) is 18.0 Å². The van der Waals surface area contributed by atoms with Crippen molar-refractivity contribution in [3.8, 4) is 10.4 Å². The van der Waals surface area contributed by atoms with Crippen LogP contribution < -0.4 is 10.0 Å². The number of carbonyl (C=O) groups is 1. The molecule has 1 saturated carbocycles. The Morgan fingerprint density at radius 3 is 2.46 bits per heavy atom. The van der Waals surface area contributed by atoms with Crippen molar-refractivity contribution in [1.82, 2.24) is 15.0 Å². The van der Waals surface area contributed by atoms with Crippen LogP contribution in [0.25, 0.3) is 10.4 Å². The molecule has 1 amide bonds. The average Bonchev–Trinajstić information content (AvgIpc) is 3.09. The number of nitrogens with zero attached hydrogens (tertiary/aromatic N) is 1. The number of carbonyl (C=O) groups excluding carboxylic acids is 1. The summed E-state index contributed by atoms with van der Waals surface area (Å²) < 4.78 is 45.2. The van der Waals surface area contributed by atoms with Crippen molar-refractivity contribution in [1.29, 1.82) is 0 Å². The molecule has 4 rings (SSSR count). The van der Waals surface area contributed by atoms with Crippen LogP contribution in [0.3, 0.4) is 0 Å². The van der Waals surface area contributed by atoms with Crippen LogP contribution in [0.5, 0.6) is 0 Å². The summed E-state index contributed by atoms with van der Waals surface area (Å²) in [6.45, 7) is 0.0912. The maximum atomic E-state index is 13.1. The van der Waals surface area contributed by atoms with Crippen LogP contribution in [0.4, 0.5) is 13.2 Å². The van der Waals surface area contributed by atoms with Crippen molar-refractivity contribution < 1.29 is 22.7 Å². The molecule has 2 aromatic rings. The highest BCUT2D eigenvalue weighted by Crippen LogP contribution is 2.43. The molecule has 0 atom stereocenters. The minimum atomic E-state index is -4.33. The predicted molar refractivity (Wildman–Crippen MR) is 144 cm³/mol. The third-order valence-electron chi connectivity index (χ3n) is 6.65. The molecule has 37 heavy (non-hydrogen) atoms. The second kappa shape index (κ2) is 13.3. The Hall–Kier alpha value is -1.04. The molecule has 2 heterocycles. The molecule has 0 spiro atoms. The Labute approximate surface area is 233 Å². The molecule has 5 nitrogen and oxygen atoms in total. The fraction of sp³-hybridized carbons (Fsp3) is 0.600. The molecule has 0 unspecified atom stereocenters. The van der Waals surface area contributed by atoms with Gasteiger partial charge in [-0.15, -0.1) is 11.3 Å². The van der Waals surface area contributed by atoms with Gasteiger partial charge in [-0.1, -0.05) is 67.8 Å². The third-order valence-corrected chi connectivity index (χ3v) is 9.62. The van der Waals surface area contributed by atoms with Gasteiger partial charge in [-0.3, -0.25) is 9.52 Å². The van der Waals surface area contributed by atoms with Gasteiger partial charge in [-0.2, -0.15) is 13.2 Å². The van der Waals surface area contributed by atoms with E-state index < -0.39 is 12.7 Å². The van der Waals surface area contributed by atoms with Crippen molar-refractivity contribution in [2.24, 2.45) is 5.92 Å². The molecule has 0 radical (unpaired) electrons. The highest BCUT2D eigenvalue weighted by atomic mass is 35.5. The van der Waals surface area contributed by atoms with E-state index in [0.29, 0.717) is 34.6 Å². The largest absolute Gasteiger partial charge is 0.402 e. The Morgan fingerprint density at radius 1 is 1.08 bits per heavy atom. The molecule has 2 fully saturated rings. The van der Waals surface area contributed by atoms with Crippen LogP contribution in [-0.4, -0.2) is 42.9 Å². The highest BCUT2D eigenvalue weighted by molar-refractivity contribution is 7.97. The standard InChI is InChI=1S/C25H30Cl2F3N3O2S2/c26-20-17(7-8-19(21(20)27)37-31-14-25(28,29)30)22-18(13-15-5-3-1-2-4-6-15)33-24(36-22)23(34)32-16-9-11-35-12-10-16/h7-8,15-16,31H,1-6,9-14H2,(H,32,34). The third kappa shape index (κ3) is 8.22. The van der Waals surface area contributed by atoms with E-state index in [1.54, 1.807) is 12.1 Å². The molecular formula is C25H30Cl2F3N3O2S2. The minimum Gasteiger partial charge on any atom is -0.381 e. The number of nitrogens with one attached hydrogen (secondary N) is 2. The molecule has 12 heteroatoms. The number of hydrogen-bond acceptors (Lipinski definition) is 6. The SMILES string of the molecule is O=C(NC1CCOCC1)c1nc(CC2CCCCCC2)c(-c2ccc(SNCC(F)(F)F)c(Cl)c2Cl)s1. The molecule has 2 aliphatic rings. The maximum Gasteiger partial charge on any atom is 0.402 e. The van der Waals surface area contributed by atoms with Crippen molar-refractivity contribution >= 4 is 52.4 Å². The maximum absolute atomic E-state index is 13.1. The first kappa shape index (κ1) is 29.0. The smallest absolute Gasteiger partial charge is 0.381 e. The monoisotopic (exact) mass is 595 g/mol. The van der Waals surface area contributed by atoms with Gasteiger partial charge in [-0.25, -0.2) is 4.98 Å². The van der Waals surface area contributed by atoms with Gasteiger partial charge in [0.15, 0.2) is 5.01 Å². The number of hydrogen-bond donors (Lipinski definition) is 2. The first-order valence-electron chi connectivity index (χ1n) is 12.5. The number of ether oxygens (including phenoxy) is 1. The van der Waals surface area contributed by atoms with Crippen LogP contribution in [0, 0.1) is 5.92 Å². The van der Waals surface area contributed by atoms with Crippen molar-refractivity contribution in [2.75, 3.05) is 19.8 Å². The lowest BCUT2D eigenvalue weighted by molar-refractivity contribution is -0.120. The van der Waals surface area contributed by atoms with E-state index >= 15 is 0 Å². The Morgan fingerprint density at radius 2 is 1.78 bits per heavy atom. The van der Waals surface area contributed by atoms with Crippen LogP contribution in [0.2, 0.25) is 10.0 Å². The van der Waals surface area contributed by atoms with Crippen LogP contribution in [0.15, 0.2) is 17.0 Å². The minimum absolute atomic E-state index is 0.0532. The number of benzene rings is 1. The van der Waals surface area contributed by atoms with Gasteiger partial charge < -0.3 is 10.1 Å². The van der Waals surface area contributed by atoms with Crippen LogP contribution in [-0.2, 0) is 11.2 Å². The normalized spacial score (nSPS) is 18.1. The summed E-state index contributed by atoms with van der Waals surface area (Å²) in [6, 6.07) is 3.45. The summed E-state index contributed by atoms with van der Waals surface area (Å²) >= 11 is 15.2. The quantitative estimate of drug-likeness (QED) is 0.242. The topological polar surface area (TPSA) is 63.2 Å². The van der Waals surface area contributed by atoms with Gasteiger partial charge in [0.05, 0.1) is 20.6 Å². The fourth-order valence-electron chi connectivity index (χ4n) is 4.71. The molecule has 1 aromatic heterocycles. The molecule has 204 valence electrons. The molecular weight excluding hydrogens is 566 g/mol. The Balaban J connectivity index is 1.60. The number of aromatic nitrogens is 1. The highest BCUT2D eigenvalue weighted by Gasteiger charge is 2.28. The number of alkyl halides is 3. The van der Waals surface area contributed by atoms with E-state index in [-0.39, 0.29) is 22.0 Å². The zero-order valence-electron chi connectivity index (χ0n) is 20.3. The summed E-state index contributed by atoms with van der Waals surface area (Å²) in [7, 11) is 0. The van der Waals surface area contributed by atoms with Gasteiger partial charge in [0.2, 0.25) is 0 Å². The van der Waals surface area contributed by atoms with E-state index in [1.165, 1.54) is 37.0 Å².